The van der Waals surface area contributed by atoms with Crippen molar-refractivity contribution in [2.24, 2.45) is 0 Å². The fourth-order valence-corrected chi connectivity index (χ4v) is 1.17. The van der Waals surface area contributed by atoms with Crippen LogP contribution in [0.15, 0.2) is 0 Å². The van der Waals surface area contributed by atoms with Gasteiger partial charge in [-0.3, -0.25) is 0 Å². The van der Waals surface area contributed by atoms with Crippen LogP contribution in [0.1, 0.15) is 0 Å². The van der Waals surface area contributed by atoms with Gasteiger partial charge in [0.2, 0.25) is 0 Å². The molecule has 0 saturated heterocycles. The van der Waals surface area contributed by atoms with Gasteiger partial charge in [-0.15, -0.1) is 0 Å². The Morgan fingerprint density at radius 1 is 1.62 bits per heavy atom. The van der Waals surface area contributed by atoms with Gasteiger partial charge in [-0.1, -0.05) is 0 Å². The van der Waals surface area contributed by atoms with Crippen LogP contribution in [-0.4, -0.2) is 23.8 Å². The minimum atomic E-state index is -3.98. The van der Waals surface area contributed by atoms with Crippen molar-refractivity contribution in [2.75, 3.05) is 0 Å². The molecule has 0 aromatic heterocycles. The van der Waals surface area contributed by atoms with Crippen molar-refractivity contribution in [2.45, 2.75) is 11.1 Å². The first kappa shape index (κ1) is 7.59. The molecule has 0 heterocycles. The summed E-state index contributed by atoms with van der Waals surface area (Å²) in [5.74, 6) is -0.331. The molecule has 1 N–H and O–H groups in total. The summed E-state index contributed by atoms with van der Waals surface area (Å²) in [5.41, 5.74) is 0. The molecule has 0 unspecified atom stereocenters. The van der Waals surface area contributed by atoms with E-state index < -0.39 is 24.0 Å². The second kappa shape index (κ2) is 2.24. The van der Waals surface area contributed by atoms with Crippen LogP contribution < -0.4 is 0 Å². The molecule has 48 valence electrons. The van der Waals surface area contributed by atoms with Crippen LogP contribution in [0.4, 0.5) is 0 Å². The van der Waals surface area contributed by atoms with Gasteiger partial charge in [-0.05, 0) is 0 Å². The normalized spacial score (nSPS) is 11.1. The molecule has 0 amide bonds. The van der Waals surface area contributed by atoms with Crippen LogP contribution in [-0.2, 0) is 12.5 Å². The number of hydrogen-bond acceptors (Lipinski definition) is 3. The average molecular weight is 185 g/mol. The van der Waals surface area contributed by atoms with E-state index in [1.54, 1.807) is 0 Å². The predicted molar refractivity (Wildman–Crippen MR) is 25.4 cm³/mol. The zero-order valence-electron chi connectivity index (χ0n) is 4.29. The fourth-order valence-electron chi connectivity index (χ4n) is 0.224. The van der Waals surface area contributed by atoms with E-state index in [0.29, 0.717) is 0 Å². The summed E-state index contributed by atoms with van der Waals surface area (Å²) in [6, 6.07) is 0. The Bertz CT molecular complexity index is 177. The summed E-state index contributed by atoms with van der Waals surface area (Å²) < 4.78 is 20.3. The zero-order valence-corrected chi connectivity index (χ0v) is 6.00. The van der Waals surface area contributed by atoms with E-state index >= 15 is 0 Å². The quantitative estimate of drug-likeness (QED) is 0.614. The van der Waals surface area contributed by atoms with E-state index in [0.717, 1.165) is 5.82 Å². The van der Waals surface area contributed by atoms with E-state index in [2.05, 4.69) is 0 Å². The van der Waals surface area contributed by atoms with E-state index in [1.807, 2.05) is 0 Å². The molecule has 0 spiro atoms. The molecule has 0 aromatic rings. The first-order valence-electron chi connectivity index (χ1n) is 1.81. The van der Waals surface area contributed by atoms with E-state index in [4.69, 9.17) is 5.11 Å². The molecule has 0 aromatic carbocycles. The van der Waals surface area contributed by atoms with Gasteiger partial charge in [0.15, 0.2) is 0 Å². The summed E-state index contributed by atoms with van der Waals surface area (Å²) >= 11 is -3.98. The van der Waals surface area contributed by atoms with Crippen molar-refractivity contribution in [1.29, 1.82) is 0 Å². The number of carbonyl (C=O) groups is 1. The van der Waals surface area contributed by atoms with Crippen molar-refractivity contribution in [3.8, 4) is 0 Å². The predicted octanol–water partition coefficient (Wildman–Crippen LogP) is 0.00400. The van der Waals surface area contributed by atoms with Gasteiger partial charge in [0.25, 0.3) is 0 Å². The average Bonchev–Trinajstić information content (AvgIpc) is 1.21. The van der Waals surface area contributed by atoms with E-state index in [1.165, 1.54) is 0 Å². The first-order valence-corrected chi connectivity index (χ1v) is 6.13. The van der Waals surface area contributed by atoms with Crippen molar-refractivity contribution in [3.63, 3.8) is 0 Å². The maximum atomic E-state index is 10.1. The Kier molecular flexibility index (Phi) is 2.12. The molecular weight excluding hydrogens is 179 g/mol. The van der Waals surface area contributed by atoms with Gasteiger partial charge >= 0.3 is 47.4 Å². The van der Waals surface area contributed by atoms with Crippen LogP contribution >= 0.6 is 0 Å². The number of carboxylic acid groups (broad SMARTS) is 1. The number of aliphatic carboxylic acids is 1. The maximum absolute atomic E-state index is 10.1. The monoisotopic (exact) mass is 186 g/mol. The third kappa shape index (κ3) is 5.59. The Hall–Kier alpha value is -0.411. The number of hydrogen-bond donors (Lipinski definition) is 1. The molecule has 5 heteroatoms. The minimum absolute atomic E-state index is 0.712. The van der Waals surface area contributed by atoms with E-state index in [-0.39, 0.29) is 0 Å². The molecule has 0 rings (SSSR count). The standard InChI is InChI=1S/C3H6O4Se/c1-8(6,7)2-3(4)5/h2H2,1H3,(H,4,5). The van der Waals surface area contributed by atoms with Gasteiger partial charge in [-0.2, -0.15) is 0 Å². The van der Waals surface area contributed by atoms with Crippen molar-refractivity contribution >= 4 is 18.7 Å². The summed E-state index contributed by atoms with van der Waals surface area (Å²) in [7, 11) is 0. The molecular formula is C3H6O4Se. The first-order chi connectivity index (χ1) is 3.42. The van der Waals surface area contributed by atoms with Crippen LogP contribution in [0.2, 0.25) is 11.1 Å². The Labute approximate surface area is 48.1 Å². The zero-order chi connectivity index (χ0) is 6.78. The summed E-state index contributed by atoms with van der Waals surface area (Å²) in [6.45, 7) is 0. The summed E-state index contributed by atoms with van der Waals surface area (Å²) in [5, 5.41) is 7.18. The van der Waals surface area contributed by atoms with Crippen molar-refractivity contribution < 1.29 is 17.6 Å². The second-order valence-electron chi connectivity index (χ2n) is 1.46. The van der Waals surface area contributed by atoms with Gasteiger partial charge in [-0.25, -0.2) is 0 Å². The molecule has 8 heavy (non-hydrogen) atoms. The summed E-state index contributed by atoms with van der Waals surface area (Å²) in [4.78, 5) is 9.65. The van der Waals surface area contributed by atoms with Gasteiger partial charge < -0.3 is 0 Å². The SMILES string of the molecule is C[Se](=O)(=O)CC(=O)O. The van der Waals surface area contributed by atoms with E-state index in [9.17, 15) is 12.5 Å². The number of rotatable bonds is 2. The molecule has 0 fully saturated rings. The topological polar surface area (TPSA) is 71.4 Å². The third-order valence-corrected chi connectivity index (χ3v) is 2.00. The van der Waals surface area contributed by atoms with Crippen LogP contribution in [0.25, 0.3) is 0 Å². The molecule has 4 nitrogen and oxygen atoms in total. The molecule has 0 radical (unpaired) electrons. The van der Waals surface area contributed by atoms with Crippen LogP contribution in [0.3, 0.4) is 0 Å². The second-order valence-corrected chi connectivity index (χ2v) is 5.95. The number of carboxylic acids is 1. The van der Waals surface area contributed by atoms with Crippen molar-refractivity contribution in [3.05, 3.63) is 0 Å². The Morgan fingerprint density at radius 3 is 2.00 bits per heavy atom. The molecule has 0 aliphatic carbocycles. The van der Waals surface area contributed by atoms with Gasteiger partial charge in [0, 0.05) is 0 Å². The molecule has 0 atom stereocenters. The molecule has 0 aliphatic heterocycles. The molecule has 0 aliphatic rings. The van der Waals surface area contributed by atoms with Crippen LogP contribution in [0, 0.1) is 0 Å². The fraction of sp³-hybridized carbons (Fsp3) is 0.667. The van der Waals surface area contributed by atoms with Gasteiger partial charge in [0.05, 0.1) is 0 Å². The summed E-state index contributed by atoms with van der Waals surface area (Å²) in [6.07, 6.45) is 0. The van der Waals surface area contributed by atoms with Gasteiger partial charge in [0.1, 0.15) is 0 Å². The van der Waals surface area contributed by atoms with Crippen molar-refractivity contribution in [1.82, 2.24) is 0 Å². The Balaban J connectivity index is 3.95. The van der Waals surface area contributed by atoms with Crippen LogP contribution in [0.5, 0.6) is 0 Å². The molecule has 0 saturated carbocycles. The Morgan fingerprint density at radius 2 is 2.00 bits per heavy atom. The third-order valence-electron chi connectivity index (χ3n) is 0.386. The molecule has 0 bridgehead atoms.